The van der Waals surface area contributed by atoms with Crippen LogP contribution in [0.15, 0.2) is 154 Å². The molecule has 0 aromatic heterocycles. The van der Waals surface area contributed by atoms with Gasteiger partial charge in [-0.1, -0.05) is 154 Å². The van der Waals surface area contributed by atoms with Gasteiger partial charge >= 0.3 is 0 Å². The van der Waals surface area contributed by atoms with E-state index in [1.54, 1.807) is 0 Å². The first-order chi connectivity index (χ1) is 19.0. The van der Waals surface area contributed by atoms with E-state index < -0.39 is 0 Å². The predicted octanol–water partition coefficient (Wildman–Crippen LogP) is 12.9. The molecule has 0 N–H and O–H groups in total. The van der Waals surface area contributed by atoms with Gasteiger partial charge in [0.1, 0.15) is 0 Å². The zero-order chi connectivity index (χ0) is 30.2. The summed E-state index contributed by atoms with van der Waals surface area (Å²) < 4.78 is 0. The Morgan fingerprint density at radius 1 is 0.350 bits per heavy atom. The lowest BCUT2D eigenvalue weighted by atomic mass is 10.1. The van der Waals surface area contributed by atoms with Crippen molar-refractivity contribution in [3.05, 3.63) is 154 Å². The molecule has 0 heteroatoms. The highest BCUT2D eigenvalue weighted by atomic mass is 13.9. The van der Waals surface area contributed by atoms with Gasteiger partial charge in [-0.15, -0.1) is 0 Å². The molecule has 0 spiro atoms. The third-order valence-corrected chi connectivity index (χ3v) is 5.93. The SMILES string of the molecule is CC(C)=CCC\C(C)=C/C=C/C(C)=C\C=C\C(C)=C/C=C/C=C(C)/C=C/C=C(C)/C=C/C=C(\C)CCC=C(C)C. The molecule has 0 saturated heterocycles. The summed E-state index contributed by atoms with van der Waals surface area (Å²) in [5, 5.41) is 0. The Labute approximate surface area is 248 Å². The van der Waals surface area contributed by atoms with Crippen LogP contribution >= 0.6 is 0 Å². The molecule has 0 rings (SSSR count). The van der Waals surface area contributed by atoms with E-state index in [0.717, 1.165) is 25.7 Å². The van der Waals surface area contributed by atoms with E-state index in [-0.39, 0.29) is 0 Å². The third-order valence-electron chi connectivity index (χ3n) is 5.93. The summed E-state index contributed by atoms with van der Waals surface area (Å²) in [4.78, 5) is 0. The number of hydrogen-bond acceptors (Lipinski definition) is 0. The minimum atomic E-state index is 1.12. The summed E-state index contributed by atoms with van der Waals surface area (Å²) in [7, 11) is 0. The smallest absolute Gasteiger partial charge is 0.0285 e. The topological polar surface area (TPSA) is 0 Å². The van der Waals surface area contributed by atoms with Crippen LogP contribution in [0.4, 0.5) is 0 Å². The highest BCUT2D eigenvalue weighted by Gasteiger charge is 1.88. The lowest BCUT2D eigenvalue weighted by molar-refractivity contribution is 0.967. The van der Waals surface area contributed by atoms with Gasteiger partial charge in [-0.05, 0) is 94.9 Å². The van der Waals surface area contributed by atoms with Crippen LogP contribution in [0, 0.1) is 0 Å². The van der Waals surface area contributed by atoms with Gasteiger partial charge in [-0.3, -0.25) is 0 Å². The predicted molar refractivity (Wildman–Crippen MR) is 186 cm³/mol. The third kappa shape index (κ3) is 24.9. The van der Waals surface area contributed by atoms with Gasteiger partial charge in [0.15, 0.2) is 0 Å². The minimum Gasteiger partial charge on any atom is -0.0856 e. The van der Waals surface area contributed by atoms with Gasteiger partial charge in [0.25, 0.3) is 0 Å². The molecular formula is C40H56. The molecule has 40 heavy (non-hydrogen) atoms. The van der Waals surface area contributed by atoms with Crippen molar-refractivity contribution in [1.82, 2.24) is 0 Å². The van der Waals surface area contributed by atoms with Crippen LogP contribution < -0.4 is 0 Å². The molecule has 0 aliphatic rings. The maximum absolute atomic E-state index is 2.30. The second-order valence-electron chi connectivity index (χ2n) is 11.1. The van der Waals surface area contributed by atoms with Crippen LogP contribution in [0.3, 0.4) is 0 Å². The highest BCUT2D eigenvalue weighted by molar-refractivity contribution is 5.32. The summed E-state index contributed by atoms with van der Waals surface area (Å²) >= 11 is 0. The molecule has 0 amide bonds. The summed E-state index contributed by atoms with van der Waals surface area (Å²) in [5.74, 6) is 0. The van der Waals surface area contributed by atoms with Crippen molar-refractivity contribution in [2.75, 3.05) is 0 Å². The van der Waals surface area contributed by atoms with Crippen molar-refractivity contribution in [1.29, 1.82) is 0 Å². The van der Waals surface area contributed by atoms with Crippen molar-refractivity contribution >= 4 is 0 Å². The normalized spacial score (nSPS) is 15.1. The van der Waals surface area contributed by atoms with Crippen molar-refractivity contribution < 1.29 is 0 Å². The van der Waals surface area contributed by atoms with Crippen molar-refractivity contribution in [2.24, 2.45) is 0 Å². The van der Waals surface area contributed by atoms with Crippen LogP contribution in [0.25, 0.3) is 0 Å². The molecule has 0 heterocycles. The van der Waals surface area contributed by atoms with Crippen LogP contribution in [0.2, 0.25) is 0 Å². The Morgan fingerprint density at radius 2 is 0.625 bits per heavy atom. The van der Waals surface area contributed by atoms with E-state index in [2.05, 4.69) is 179 Å². The second-order valence-corrected chi connectivity index (χ2v) is 11.1. The van der Waals surface area contributed by atoms with Gasteiger partial charge in [0.05, 0.1) is 0 Å². The molecule has 0 saturated carbocycles. The Balaban J connectivity index is 4.70. The average Bonchev–Trinajstić information content (AvgIpc) is 2.86. The van der Waals surface area contributed by atoms with Gasteiger partial charge in [0, 0.05) is 0 Å². The van der Waals surface area contributed by atoms with Crippen LogP contribution in [0.5, 0.6) is 0 Å². The minimum absolute atomic E-state index is 1.12. The zero-order valence-electron chi connectivity index (χ0n) is 27.2. The van der Waals surface area contributed by atoms with Gasteiger partial charge < -0.3 is 0 Å². The molecule has 0 aliphatic carbocycles. The maximum Gasteiger partial charge on any atom is -0.0285 e. The fourth-order valence-electron chi connectivity index (χ4n) is 3.41. The standard InChI is InChI=1S/C40H56/c1-33(2)19-13-23-37(7)27-17-31-39(9)29-15-25-35(5)21-11-12-22-36(6)26-16-30-40(10)32-18-28-38(8)24-14-20-34(3)4/h11-12,15-22,25-32H,13-14,23-24H2,1-10H3/b12-11+,25-15+,26-16+,31-17+,32-18+,35-21-,36-22+,37-27-,38-28+,39-29-,40-30+. The number of rotatable bonds is 16. The quantitative estimate of drug-likeness (QED) is 0.136. The van der Waals surface area contributed by atoms with Crippen LogP contribution in [-0.4, -0.2) is 0 Å². The first-order valence-corrected chi connectivity index (χ1v) is 14.7. The molecule has 0 aliphatic heterocycles. The second kappa shape index (κ2) is 23.5. The molecule has 0 aromatic rings. The number of hydrogen-bond donors (Lipinski definition) is 0. The zero-order valence-corrected chi connectivity index (χ0v) is 27.2. The molecule has 0 aromatic carbocycles. The van der Waals surface area contributed by atoms with Gasteiger partial charge in [0.2, 0.25) is 0 Å². The lowest BCUT2D eigenvalue weighted by Crippen LogP contribution is -1.76. The Bertz CT molecular complexity index is 1050. The molecule has 0 atom stereocenters. The fraction of sp³-hybridized carbons (Fsp3) is 0.350. The molecule has 0 unspecified atom stereocenters. The van der Waals surface area contributed by atoms with Gasteiger partial charge in [-0.2, -0.15) is 0 Å². The molecule has 0 bridgehead atoms. The molecule has 0 fully saturated rings. The van der Waals surface area contributed by atoms with E-state index >= 15 is 0 Å². The molecule has 0 radical (unpaired) electrons. The summed E-state index contributed by atoms with van der Waals surface area (Å²) in [6.07, 6.45) is 43.3. The molecule has 216 valence electrons. The first-order valence-electron chi connectivity index (χ1n) is 14.7. The Morgan fingerprint density at radius 3 is 0.925 bits per heavy atom. The Hall–Kier alpha value is -3.38. The summed E-state index contributed by atoms with van der Waals surface area (Å²) in [5.41, 5.74) is 10.5. The largest absolute Gasteiger partial charge is 0.0856 e. The van der Waals surface area contributed by atoms with Gasteiger partial charge in [-0.25, -0.2) is 0 Å². The average molecular weight is 537 g/mol. The van der Waals surface area contributed by atoms with E-state index in [1.165, 1.54) is 44.6 Å². The highest BCUT2D eigenvalue weighted by Crippen LogP contribution is 2.09. The molecular weight excluding hydrogens is 480 g/mol. The van der Waals surface area contributed by atoms with E-state index in [1.807, 2.05) is 0 Å². The summed E-state index contributed by atoms with van der Waals surface area (Å²) in [6, 6.07) is 0. The first kappa shape index (κ1) is 36.6. The Kier molecular flexibility index (Phi) is 21.5. The van der Waals surface area contributed by atoms with Crippen LogP contribution in [0.1, 0.15) is 94.9 Å². The summed E-state index contributed by atoms with van der Waals surface area (Å²) in [6.45, 7) is 21.5. The maximum atomic E-state index is 2.30. The van der Waals surface area contributed by atoms with E-state index in [4.69, 9.17) is 0 Å². The lowest BCUT2D eigenvalue weighted by Gasteiger charge is -1.96. The van der Waals surface area contributed by atoms with Crippen molar-refractivity contribution in [3.8, 4) is 0 Å². The van der Waals surface area contributed by atoms with E-state index in [0.29, 0.717) is 0 Å². The van der Waals surface area contributed by atoms with Crippen molar-refractivity contribution in [3.63, 3.8) is 0 Å². The van der Waals surface area contributed by atoms with E-state index in [9.17, 15) is 0 Å². The molecule has 0 nitrogen and oxygen atoms in total. The van der Waals surface area contributed by atoms with Crippen LogP contribution in [-0.2, 0) is 0 Å². The number of allylic oxidation sites excluding steroid dienone is 26. The fourth-order valence-corrected chi connectivity index (χ4v) is 3.41. The monoisotopic (exact) mass is 536 g/mol. The van der Waals surface area contributed by atoms with Crippen molar-refractivity contribution in [2.45, 2.75) is 94.9 Å².